The van der Waals surface area contributed by atoms with E-state index in [1.54, 1.807) is 14.2 Å². The highest BCUT2D eigenvalue weighted by Crippen LogP contribution is 2.32. The van der Waals surface area contributed by atoms with Gasteiger partial charge in [0.05, 0.1) is 26.7 Å². The highest BCUT2D eigenvalue weighted by atomic mass is 16.5. The quantitative estimate of drug-likeness (QED) is 0.773. The van der Waals surface area contributed by atoms with Crippen molar-refractivity contribution in [3.63, 3.8) is 0 Å². The van der Waals surface area contributed by atoms with Crippen molar-refractivity contribution in [3.05, 3.63) is 47.0 Å². The van der Waals surface area contributed by atoms with Gasteiger partial charge >= 0.3 is 0 Å². The number of likely N-dealkylation sites (N-methyl/N-ethyl adjacent to an activating group) is 1. The highest BCUT2D eigenvalue weighted by molar-refractivity contribution is 5.79. The van der Waals surface area contributed by atoms with Crippen molar-refractivity contribution in [1.82, 2.24) is 19.8 Å². The minimum absolute atomic E-state index is 0.0346. The van der Waals surface area contributed by atoms with Crippen LogP contribution < -0.4 is 9.47 Å². The van der Waals surface area contributed by atoms with Gasteiger partial charge in [-0.05, 0) is 37.6 Å². The first-order valence-electron chi connectivity index (χ1n) is 10.1. The van der Waals surface area contributed by atoms with Crippen molar-refractivity contribution in [3.8, 4) is 11.5 Å². The van der Waals surface area contributed by atoms with Crippen molar-refractivity contribution >= 4 is 5.91 Å². The standard InChI is InChI=1S/C22H28N4O3/c1-25-10-8-17-16(14-25)13-23-22(24-17)18-5-4-9-26(18)21(27)12-15-6-7-19(28-2)20(11-15)29-3/h6-7,11,13,18H,4-5,8-10,12,14H2,1-3H3/t18-/m1/s1. The third-order valence-electron chi connectivity index (χ3n) is 5.82. The first kappa shape index (κ1) is 19.6. The monoisotopic (exact) mass is 396 g/mol. The largest absolute Gasteiger partial charge is 0.493 e. The van der Waals surface area contributed by atoms with Crippen molar-refractivity contribution in [2.24, 2.45) is 0 Å². The van der Waals surface area contributed by atoms with Crippen LogP contribution in [0.25, 0.3) is 0 Å². The molecule has 0 unspecified atom stereocenters. The Morgan fingerprint density at radius 2 is 2.03 bits per heavy atom. The molecule has 29 heavy (non-hydrogen) atoms. The molecule has 1 aromatic heterocycles. The Balaban J connectivity index is 1.50. The Morgan fingerprint density at radius 1 is 1.21 bits per heavy atom. The number of amides is 1. The van der Waals surface area contributed by atoms with Gasteiger partial charge in [0.1, 0.15) is 0 Å². The summed E-state index contributed by atoms with van der Waals surface area (Å²) in [6.45, 7) is 2.65. The number of likely N-dealkylation sites (tertiary alicyclic amines) is 1. The third-order valence-corrected chi connectivity index (χ3v) is 5.82. The lowest BCUT2D eigenvalue weighted by Crippen LogP contribution is -2.33. The van der Waals surface area contributed by atoms with Crippen LogP contribution >= 0.6 is 0 Å². The van der Waals surface area contributed by atoms with E-state index in [0.29, 0.717) is 17.9 Å². The molecule has 2 aromatic rings. The predicted octanol–water partition coefficient (Wildman–Crippen LogP) is 2.39. The molecule has 7 nitrogen and oxygen atoms in total. The van der Waals surface area contributed by atoms with E-state index in [1.165, 1.54) is 5.56 Å². The summed E-state index contributed by atoms with van der Waals surface area (Å²) in [5.41, 5.74) is 3.24. The Labute approximate surface area is 171 Å². The molecule has 0 spiro atoms. The average molecular weight is 396 g/mol. The summed E-state index contributed by atoms with van der Waals surface area (Å²) in [5, 5.41) is 0. The second-order valence-electron chi connectivity index (χ2n) is 7.80. The number of rotatable bonds is 5. The van der Waals surface area contributed by atoms with Crippen LogP contribution in [-0.4, -0.2) is 60.0 Å². The van der Waals surface area contributed by atoms with Crippen LogP contribution in [0.3, 0.4) is 0 Å². The van der Waals surface area contributed by atoms with Gasteiger partial charge < -0.3 is 19.3 Å². The van der Waals surface area contributed by atoms with Crippen molar-refractivity contribution in [2.45, 2.75) is 38.3 Å². The normalized spacial score (nSPS) is 19.1. The van der Waals surface area contributed by atoms with E-state index in [-0.39, 0.29) is 11.9 Å². The van der Waals surface area contributed by atoms with E-state index in [0.717, 1.165) is 56.0 Å². The van der Waals surface area contributed by atoms with Gasteiger partial charge in [0, 0.05) is 43.5 Å². The molecule has 1 aromatic carbocycles. The number of hydrogen-bond acceptors (Lipinski definition) is 6. The molecule has 1 atom stereocenters. The van der Waals surface area contributed by atoms with Crippen molar-refractivity contribution in [2.75, 3.05) is 34.4 Å². The Hall–Kier alpha value is -2.67. The van der Waals surface area contributed by atoms with Gasteiger partial charge in [-0.15, -0.1) is 0 Å². The van der Waals surface area contributed by atoms with E-state index >= 15 is 0 Å². The van der Waals surface area contributed by atoms with Gasteiger partial charge in [-0.2, -0.15) is 0 Å². The maximum atomic E-state index is 13.1. The van der Waals surface area contributed by atoms with Gasteiger partial charge in [0.2, 0.25) is 5.91 Å². The minimum Gasteiger partial charge on any atom is -0.493 e. The molecule has 154 valence electrons. The van der Waals surface area contributed by atoms with Crippen LogP contribution in [0.4, 0.5) is 0 Å². The molecular weight excluding hydrogens is 368 g/mol. The number of fused-ring (bicyclic) bond motifs is 1. The summed E-state index contributed by atoms with van der Waals surface area (Å²) in [5.74, 6) is 2.18. The lowest BCUT2D eigenvalue weighted by molar-refractivity contribution is -0.131. The molecule has 4 rings (SSSR count). The molecular formula is C22H28N4O3. The van der Waals surface area contributed by atoms with E-state index < -0.39 is 0 Å². The zero-order chi connectivity index (χ0) is 20.4. The topological polar surface area (TPSA) is 67.8 Å². The molecule has 1 saturated heterocycles. The van der Waals surface area contributed by atoms with Gasteiger partial charge in [-0.25, -0.2) is 9.97 Å². The van der Waals surface area contributed by atoms with E-state index in [2.05, 4.69) is 16.9 Å². The van der Waals surface area contributed by atoms with Crippen LogP contribution in [0.5, 0.6) is 11.5 Å². The SMILES string of the molecule is COc1ccc(CC(=O)N2CCC[C@@H]2c2ncc3c(n2)CCN(C)C3)cc1OC. The maximum absolute atomic E-state index is 13.1. The van der Waals surface area contributed by atoms with E-state index in [1.807, 2.05) is 29.3 Å². The number of hydrogen-bond donors (Lipinski definition) is 0. The molecule has 3 heterocycles. The minimum atomic E-state index is -0.0346. The van der Waals surface area contributed by atoms with Gasteiger partial charge in [0.25, 0.3) is 0 Å². The smallest absolute Gasteiger partial charge is 0.227 e. The average Bonchev–Trinajstić information content (AvgIpc) is 3.23. The fourth-order valence-electron chi connectivity index (χ4n) is 4.23. The number of methoxy groups -OCH3 is 2. The van der Waals surface area contributed by atoms with Crippen LogP contribution in [-0.2, 0) is 24.2 Å². The number of carbonyl (C=O) groups is 1. The van der Waals surface area contributed by atoms with Crippen LogP contribution in [0.2, 0.25) is 0 Å². The summed E-state index contributed by atoms with van der Waals surface area (Å²) in [4.78, 5) is 26.8. The fourth-order valence-corrected chi connectivity index (χ4v) is 4.23. The molecule has 0 N–H and O–H groups in total. The Bertz CT molecular complexity index is 902. The third kappa shape index (κ3) is 4.05. The Kier molecular flexibility index (Phi) is 5.67. The summed E-state index contributed by atoms with van der Waals surface area (Å²) in [7, 11) is 5.32. The second-order valence-corrected chi connectivity index (χ2v) is 7.80. The van der Waals surface area contributed by atoms with Crippen molar-refractivity contribution in [1.29, 1.82) is 0 Å². The van der Waals surface area contributed by atoms with Gasteiger partial charge in [-0.3, -0.25) is 4.79 Å². The number of ether oxygens (including phenoxy) is 2. The molecule has 2 aliphatic rings. The first-order valence-corrected chi connectivity index (χ1v) is 10.1. The molecule has 0 saturated carbocycles. The zero-order valence-electron chi connectivity index (χ0n) is 17.4. The molecule has 0 aliphatic carbocycles. The molecule has 0 bridgehead atoms. The number of carbonyl (C=O) groups excluding carboxylic acids is 1. The van der Waals surface area contributed by atoms with Crippen LogP contribution in [0.1, 0.15) is 41.5 Å². The molecule has 0 radical (unpaired) electrons. The predicted molar refractivity (Wildman–Crippen MR) is 109 cm³/mol. The van der Waals surface area contributed by atoms with Gasteiger partial charge in [0.15, 0.2) is 17.3 Å². The molecule has 7 heteroatoms. The molecule has 2 aliphatic heterocycles. The summed E-state index contributed by atoms with van der Waals surface area (Å²) in [6.07, 6.45) is 5.10. The Morgan fingerprint density at radius 3 is 2.83 bits per heavy atom. The lowest BCUT2D eigenvalue weighted by Gasteiger charge is -2.27. The second kappa shape index (κ2) is 8.37. The number of benzene rings is 1. The van der Waals surface area contributed by atoms with E-state index in [4.69, 9.17) is 14.5 Å². The van der Waals surface area contributed by atoms with E-state index in [9.17, 15) is 4.79 Å². The molecule has 1 amide bonds. The maximum Gasteiger partial charge on any atom is 0.227 e. The number of aromatic nitrogens is 2. The lowest BCUT2D eigenvalue weighted by atomic mass is 10.1. The first-order chi connectivity index (χ1) is 14.1. The highest BCUT2D eigenvalue weighted by Gasteiger charge is 2.32. The fraction of sp³-hybridized carbons (Fsp3) is 0.500. The van der Waals surface area contributed by atoms with Gasteiger partial charge in [-0.1, -0.05) is 6.07 Å². The number of nitrogens with zero attached hydrogens (tertiary/aromatic N) is 4. The summed E-state index contributed by atoms with van der Waals surface area (Å²) < 4.78 is 10.6. The zero-order valence-corrected chi connectivity index (χ0v) is 17.4. The van der Waals surface area contributed by atoms with Crippen LogP contribution in [0, 0.1) is 0 Å². The van der Waals surface area contributed by atoms with Crippen LogP contribution in [0.15, 0.2) is 24.4 Å². The molecule has 1 fully saturated rings. The summed E-state index contributed by atoms with van der Waals surface area (Å²) in [6, 6.07) is 5.59. The van der Waals surface area contributed by atoms with Crippen molar-refractivity contribution < 1.29 is 14.3 Å². The summed E-state index contributed by atoms with van der Waals surface area (Å²) >= 11 is 0.